The van der Waals surface area contributed by atoms with Gasteiger partial charge in [0.2, 0.25) is 17.8 Å². The third kappa shape index (κ3) is 3.49. The number of hydrogen-bond donors (Lipinski definition) is 2. The lowest BCUT2D eigenvalue weighted by Crippen LogP contribution is -2.22. The molecule has 0 bridgehead atoms. The van der Waals surface area contributed by atoms with Crippen LogP contribution in [0.25, 0.3) is 0 Å². The molecule has 2 fully saturated rings. The molecule has 2 N–H and O–H groups in total. The van der Waals surface area contributed by atoms with Gasteiger partial charge < -0.3 is 15.5 Å². The fraction of sp³-hybridized carbons (Fsp3) is 0.786. The molecule has 6 heteroatoms. The van der Waals surface area contributed by atoms with Gasteiger partial charge in [0.25, 0.3) is 0 Å². The molecule has 1 aromatic rings. The Bertz CT molecular complexity index is 439. The molecular weight excluding hydrogens is 252 g/mol. The maximum atomic E-state index is 4.57. The molecule has 1 aromatic heterocycles. The fourth-order valence-electron chi connectivity index (χ4n) is 2.53. The van der Waals surface area contributed by atoms with E-state index in [1.54, 1.807) is 0 Å². The summed E-state index contributed by atoms with van der Waals surface area (Å²) >= 11 is 0. The minimum absolute atomic E-state index is 0.679. The van der Waals surface area contributed by atoms with Gasteiger partial charge in [-0.25, -0.2) is 0 Å². The van der Waals surface area contributed by atoms with E-state index in [2.05, 4.69) is 37.4 Å². The average molecular weight is 276 g/mol. The summed E-state index contributed by atoms with van der Waals surface area (Å²) in [7, 11) is 0. The minimum Gasteiger partial charge on any atom is -0.354 e. The van der Waals surface area contributed by atoms with Gasteiger partial charge in [0.05, 0.1) is 0 Å². The second-order valence-corrected chi connectivity index (χ2v) is 5.67. The molecule has 1 aliphatic heterocycles. The first-order chi connectivity index (χ1) is 9.85. The number of rotatable bonds is 7. The first-order valence-electron chi connectivity index (χ1n) is 7.84. The number of anilines is 3. The summed E-state index contributed by atoms with van der Waals surface area (Å²) in [5.41, 5.74) is 0. The van der Waals surface area contributed by atoms with E-state index in [-0.39, 0.29) is 0 Å². The summed E-state index contributed by atoms with van der Waals surface area (Å²) in [5.74, 6) is 3.12. The van der Waals surface area contributed by atoms with Crippen molar-refractivity contribution in [2.24, 2.45) is 5.92 Å². The Hall–Kier alpha value is -1.59. The highest BCUT2D eigenvalue weighted by Crippen LogP contribution is 2.32. The number of nitrogens with zero attached hydrogens (tertiary/aromatic N) is 4. The standard InChI is InChI=1S/C14H24N6/c1-2-15-12-17-13(16-8-7-11-5-6-11)19-14(18-12)20-9-3-4-10-20/h11H,2-10H2,1H3,(H2,15,16,17,18,19). The van der Waals surface area contributed by atoms with E-state index in [1.807, 2.05) is 0 Å². The molecule has 20 heavy (non-hydrogen) atoms. The van der Waals surface area contributed by atoms with Gasteiger partial charge in [0.15, 0.2) is 0 Å². The molecule has 1 saturated heterocycles. The SMILES string of the molecule is CCNc1nc(NCCC2CC2)nc(N2CCCC2)n1. The van der Waals surface area contributed by atoms with E-state index in [0.29, 0.717) is 11.9 Å². The van der Waals surface area contributed by atoms with Gasteiger partial charge in [0.1, 0.15) is 0 Å². The molecular formula is C14H24N6. The molecule has 110 valence electrons. The van der Waals surface area contributed by atoms with E-state index in [4.69, 9.17) is 0 Å². The highest BCUT2D eigenvalue weighted by Gasteiger charge is 2.21. The Balaban J connectivity index is 1.68. The average Bonchev–Trinajstić information content (AvgIpc) is 3.10. The van der Waals surface area contributed by atoms with Crippen LogP contribution < -0.4 is 15.5 Å². The van der Waals surface area contributed by atoms with Crippen LogP contribution in [0.3, 0.4) is 0 Å². The van der Waals surface area contributed by atoms with Crippen LogP contribution in [0.5, 0.6) is 0 Å². The van der Waals surface area contributed by atoms with Crippen LogP contribution in [0, 0.1) is 5.92 Å². The van der Waals surface area contributed by atoms with E-state index in [1.165, 1.54) is 32.1 Å². The monoisotopic (exact) mass is 276 g/mol. The molecule has 0 aromatic carbocycles. The van der Waals surface area contributed by atoms with Gasteiger partial charge in [-0.05, 0) is 32.1 Å². The second kappa shape index (κ2) is 6.24. The molecule has 3 rings (SSSR count). The predicted octanol–water partition coefficient (Wildman–Crippen LogP) is 2.12. The van der Waals surface area contributed by atoms with Gasteiger partial charge >= 0.3 is 0 Å². The number of aromatic nitrogens is 3. The fourth-order valence-corrected chi connectivity index (χ4v) is 2.53. The summed E-state index contributed by atoms with van der Waals surface area (Å²) in [5, 5.41) is 6.54. The summed E-state index contributed by atoms with van der Waals surface area (Å²) < 4.78 is 0. The molecule has 2 aliphatic rings. The van der Waals surface area contributed by atoms with Crippen LogP contribution in [0.4, 0.5) is 17.8 Å². The van der Waals surface area contributed by atoms with Crippen molar-refractivity contribution in [3.05, 3.63) is 0 Å². The Morgan fingerprint density at radius 1 is 1.05 bits per heavy atom. The second-order valence-electron chi connectivity index (χ2n) is 5.67. The summed E-state index contributed by atoms with van der Waals surface area (Å²) in [6, 6.07) is 0. The molecule has 1 saturated carbocycles. The van der Waals surface area contributed by atoms with Crippen molar-refractivity contribution in [2.45, 2.75) is 39.0 Å². The zero-order valence-electron chi connectivity index (χ0n) is 12.2. The Kier molecular flexibility index (Phi) is 4.18. The van der Waals surface area contributed by atoms with E-state index >= 15 is 0 Å². The van der Waals surface area contributed by atoms with Gasteiger partial charge in [-0.3, -0.25) is 0 Å². The third-order valence-electron chi connectivity index (χ3n) is 3.88. The van der Waals surface area contributed by atoms with Crippen LogP contribution in [0.2, 0.25) is 0 Å². The summed E-state index contributed by atoms with van der Waals surface area (Å²) in [6.07, 6.45) is 6.46. The molecule has 0 atom stereocenters. The van der Waals surface area contributed by atoms with Gasteiger partial charge in [0, 0.05) is 26.2 Å². The van der Waals surface area contributed by atoms with Crippen LogP contribution in [0.1, 0.15) is 39.0 Å². The number of nitrogens with one attached hydrogen (secondary N) is 2. The topological polar surface area (TPSA) is 66.0 Å². The highest BCUT2D eigenvalue weighted by molar-refractivity contribution is 5.44. The van der Waals surface area contributed by atoms with Crippen molar-refractivity contribution in [1.82, 2.24) is 15.0 Å². The summed E-state index contributed by atoms with van der Waals surface area (Å²) in [4.78, 5) is 15.8. The van der Waals surface area contributed by atoms with Crippen molar-refractivity contribution in [3.63, 3.8) is 0 Å². The van der Waals surface area contributed by atoms with Crippen molar-refractivity contribution in [2.75, 3.05) is 41.7 Å². The quantitative estimate of drug-likeness (QED) is 0.795. The first-order valence-corrected chi connectivity index (χ1v) is 7.84. The van der Waals surface area contributed by atoms with E-state index in [0.717, 1.165) is 38.0 Å². The van der Waals surface area contributed by atoms with Crippen molar-refractivity contribution < 1.29 is 0 Å². The zero-order chi connectivity index (χ0) is 13.8. The lowest BCUT2D eigenvalue weighted by Gasteiger charge is -2.17. The minimum atomic E-state index is 0.679. The molecule has 0 unspecified atom stereocenters. The van der Waals surface area contributed by atoms with Gasteiger partial charge in [-0.2, -0.15) is 15.0 Å². The van der Waals surface area contributed by atoms with E-state index in [9.17, 15) is 0 Å². The zero-order valence-corrected chi connectivity index (χ0v) is 12.2. The van der Waals surface area contributed by atoms with Crippen molar-refractivity contribution >= 4 is 17.8 Å². The molecule has 1 aliphatic carbocycles. The van der Waals surface area contributed by atoms with Crippen LogP contribution in [-0.4, -0.2) is 41.1 Å². The Morgan fingerprint density at radius 3 is 2.40 bits per heavy atom. The Labute approximate surface area is 120 Å². The molecule has 0 radical (unpaired) electrons. The lowest BCUT2D eigenvalue weighted by atomic mass is 10.3. The molecule has 2 heterocycles. The number of hydrogen-bond acceptors (Lipinski definition) is 6. The maximum Gasteiger partial charge on any atom is 0.231 e. The summed E-state index contributed by atoms with van der Waals surface area (Å²) in [6.45, 7) is 5.94. The van der Waals surface area contributed by atoms with Crippen LogP contribution >= 0.6 is 0 Å². The molecule has 6 nitrogen and oxygen atoms in total. The molecule has 0 amide bonds. The Morgan fingerprint density at radius 2 is 1.75 bits per heavy atom. The maximum absolute atomic E-state index is 4.57. The normalized spacial score (nSPS) is 18.4. The largest absolute Gasteiger partial charge is 0.354 e. The van der Waals surface area contributed by atoms with Crippen molar-refractivity contribution in [3.8, 4) is 0 Å². The lowest BCUT2D eigenvalue weighted by molar-refractivity contribution is 0.753. The smallest absolute Gasteiger partial charge is 0.231 e. The predicted molar refractivity (Wildman–Crippen MR) is 81.3 cm³/mol. The highest BCUT2D eigenvalue weighted by atomic mass is 15.3. The van der Waals surface area contributed by atoms with Crippen molar-refractivity contribution in [1.29, 1.82) is 0 Å². The van der Waals surface area contributed by atoms with Gasteiger partial charge in [-0.15, -0.1) is 0 Å². The third-order valence-corrected chi connectivity index (χ3v) is 3.88. The molecule has 0 spiro atoms. The van der Waals surface area contributed by atoms with Crippen LogP contribution in [-0.2, 0) is 0 Å². The van der Waals surface area contributed by atoms with Crippen LogP contribution in [0.15, 0.2) is 0 Å². The van der Waals surface area contributed by atoms with E-state index < -0.39 is 0 Å². The van der Waals surface area contributed by atoms with Gasteiger partial charge in [-0.1, -0.05) is 12.8 Å². The first kappa shape index (κ1) is 13.4.